The zero-order valence-electron chi connectivity index (χ0n) is 14.0. The standard InChI is InChI=1S/C19H31N/c1-6-15(7-2)8-9-16-10-11-18-17(14-16)12-13-19(3,4)20(18)5/h10-11,14-15H,6-9,12-13H2,1-5H3. The fraction of sp³-hybridized carbons (Fsp3) is 0.684. The molecule has 0 amide bonds. The molecule has 1 aliphatic rings. The van der Waals surface area contributed by atoms with E-state index >= 15 is 0 Å². The molecule has 0 spiro atoms. The maximum Gasteiger partial charge on any atom is 0.0400 e. The van der Waals surface area contributed by atoms with Crippen LogP contribution in [0.5, 0.6) is 0 Å². The number of fused-ring (bicyclic) bond motifs is 1. The molecule has 1 heteroatoms. The quantitative estimate of drug-likeness (QED) is 0.711. The van der Waals surface area contributed by atoms with Gasteiger partial charge in [-0.05, 0) is 62.6 Å². The molecule has 1 aromatic carbocycles. The summed E-state index contributed by atoms with van der Waals surface area (Å²) in [6.45, 7) is 9.32. The van der Waals surface area contributed by atoms with Gasteiger partial charge in [-0.2, -0.15) is 0 Å². The summed E-state index contributed by atoms with van der Waals surface area (Å²) in [5.41, 5.74) is 4.81. The Morgan fingerprint density at radius 3 is 2.55 bits per heavy atom. The van der Waals surface area contributed by atoms with E-state index in [1.54, 1.807) is 5.56 Å². The first-order valence-electron chi connectivity index (χ1n) is 8.33. The second kappa shape index (κ2) is 6.20. The first kappa shape index (κ1) is 15.4. The van der Waals surface area contributed by atoms with Gasteiger partial charge in [-0.15, -0.1) is 0 Å². The van der Waals surface area contributed by atoms with Crippen LogP contribution < -0.4 is 4.90 Å². The van der Waals surface area contributed by atoms with Crippen LogP contribution in [0.2, 0.25) is 0 Å². The molecule has 1 heterocycles. The molecule has 1 aliphatic heterocycles. The minimum absolute atomic E-state index is 0.296. The van der Waals surface area contributed by atoms with E-state index in [2.05, 4.69) is 57.8 Å². The fourth-order valence-electron chi connectivity index (χ4n) is 3.32. The average Bonchev–Trinajstić information content (AvgIpc) is 2.44. The number of anilines is 1. The highest BCUT2D eigenvalue weighted by molar-refractivity contribution is 5.58. The van der Waals surface area contributed by atoms with Gasteiger partial charge in [0.1, 0.15) is 0 Å². The van der Waals surface area contributed by atoms with Crippen molar-refractivity contribution in [1.82, 2.24) is 0 Å². The minimum Gasteiger partial charge on any atom is -0.369 e. The molecule has 0 bridgehead atoms. The van der Waals surface area contributed by atoms with E-state index in [0.717, 1.165) is 5.92 Å². The van der Waals surface area contributed by atoms with Crippen molar-refractivity contribution in [2.75, 3.05) is 11.9 Å². The van der Waals surface area contributed by atoms with Crippen LogP contribution >= 0.6 is 0 Å². The van der Waals surface area contributed by atoms with Crippen LogP contribution in [0.15, 0.2) is 18.2 Å². The van der Waals surface area contributed by atoms with Crippen LogP contribution in [0.4, 0.5) is 5.69 Å². The summed E-state index contributed by atoms with van der Waals surface area (Å²) in [5.74, 6) is 0.896. The predicted octanol–water partition coefficient (Wildman–Crippen LogP) is 5.22. The highest BCUT2D eigenvalue weighted by Gasteiger charge is 2.29. The summed E-state index contributed by atoms with van der Waals surface area (Å²) in [7, 11) is 2.24. The van der Waals surface area contributed by atoms with Crippen LogP contribution in [0.25, 0.3) is 0 Å². The van der Waals surface area contributed by atoms with Crippen molar-refractivity contribution >= 4 is 5.69 Å². The zero-order valence-corrected chi connectivity index (χ0v) is 14.0. The molecule has 20 heavy (non-hydrogen) atoms. The van der Waals surface area contributed by atoms with Gasteiger partial charge in [0.05, 0.1) is 0 Å². The lowest BCUT2D eigenvalue weighted by Crippen LogP contribution is -2.44. The summed E-state index contributed by atoms with van der Waals surface area (Å²) in [6.07, 6.45) is 7.70. The number of hydrogen-bond acceptors (Lipinski definition) is 1. The van der Waals surface area contributed by atoms with Crippen molar-refractivity contribution in [2.45, 2.75) is 71.8 Å². The second-order valence-corrected chi connectivity index (χ2v) is 7.06. The predicted molar refractivity (Wildman–Crippen MR) is 89.6 cm³/mol. The average molecular weight is 273 g/mol. The van der Waals surface area contributed by atoms with E-state index < -0.39 is 0 Å². The molecule has 1 nitrogen and oxygen atoms in total. The molecule has 0 fully saturated rings. The van der Waals surface area contributed by atoms with Gasteiger partial charge in [-0.1, -0.05) is 38.8 Å². The number of benzene rings is 1. The van der Waals surface area contributed by atoms with Crippen LogP contribution in [0.1, 0.15) is 64.5 Å². The molecular weight excluding hydrogens is 242 g/mol. The molecule has 0 aliphatic carbocycles. The van der Waals surface area contributed by atoms with Gasteiger partial charge in [-0.3, -0.25) is 0 Å². The summed E-state index contributed by atoms with van der Waals surface area (Å²) < 4.78 is 0. The van der Waals surface area contributed by atoms with Gasteiger partial charge >= 0.3 is 0 Å². The number of hydrogen-bond donors (Lipinski definition) is 0. The molecule has 0 saturated heterocycles. The van der Waals surface area contributed by atoms with E-state index in [-0.39, 0.29) is 0 Å². The van der Waals surface area contributed by atoms with Crippen LogP contribution in [0, 0.1) is 5.92 Å². The van der Waals surface area contributed by atoms with Crippen molar-refractivity contribution < 1.29 is 0 Å². The van der Waals surface area contributed by atoms with Gasteiger partial charge in [0.15, 0.2) is 0 Å². The molecule has 0 aromatic heterocycles. The maximum atomic E-state index is 2.46. The molecule has 0 unspecified atom stereocenters. The van der Waals surface area contributed by atoms with Gasteiger partial charge in [-0.25, -0.2) is 0 Å². The van der Waals surface area contributed by atoms with Crippen LogP contribution in [-0.2, 0) is 12.8 Å². The molecule has 1 aromatic rings. The van der Waals surface area contributed by atoms with Gasteiger partial charge < -0.3 is 4.90 Å². The minimum atomic E-state index is 0.296. The molecular formula is C19H31N. The topological polar surface area (TPSA) is 3.24 Å². The Morgan fingerprint density at radius 1 is 1.20 bits per heavy atom. The Kier molecular flexibility index (Phi) is 4.78. The third kappa shape index (κ3) is 3.19. The normalized spacial score (nSPS) is 17.4. The van der Waals surface area contributed by atoms with Crippen molar-refractivity contribution in [3.8, 4) is 0 Å². The van der Waals surface area contributed by atoms with Crippen LogP contribution in [-0.4, -0.2) is 12.6 Å². The molecule has 0 N–H and O–H groups in total. The molecule has 0 atom stereocenters. The molecule has 112 valence electrons. The van der Waals surface area contributed by atoms with E-state index in [9.17, 15) is 0 Å². The van der Waals surface area contributed by atoms with Crippen molar-refractivity contribution in [3.63, 3.8) is 0 Å². The summed E-state index contributed by atoms with van der Waals surface area (Å²) in [6, 6.07) is 7.15. The monoisotopic (exact) mass is 273 g/mol. The lowest BCUT2D eigenvalue weighted by molar-refractivity contribution is 0.431. The Bertz CT molecular complexity index is 443. The molecule has 2 rings (SSSR count). The Morgan fingerprint density at radius 2 is 1.90 bits per heavy atom. The summed E-state index contributed by atoms with van der Waals surface area (Å²) >= 11 is 0. The Hall–Kier alpha value is -0.980. The number of aryl methyl sites for hydroxylation is 2. The Labute approximate surface area is 125 Å². The molecule has 0 saturated carbocycles. The zero-order chi connectivity index (χ0) is 14.8. The van der Waals surface area contributed by atoms with E-state index in [4.69, 9.17) is 0 Å². The van der Waals surface area contributed by atoms with E-state index in [1.165, 1.54) is 49.8 Å². The summed E-state index contributed by atoms with van der Waals surface area (Å²) in [4.78, 5) is 2.45. The SMILES string of the molecule is CCC(CC)CCc1ccc2c(c1)CCC(C)(C)N2C. The first-order chi connectivity index (χ1) is 9.47. The van der Waals surface area contributed by atoms with Gasteiger partial charge in [0.25, 0.3) is 0 Å². The highest BCUT2D eigenvalue weighted by Crippen LogP contribution is 2.36. The second-order valence-electron chi connectivity index (χ2n) is 7.06. The largest absolute Gasteiger partial charge is 0.369 e. The fourth-order valence-corrected chi connectivity index (χ4v) is 3.32. The van der Waals surface area contributed by atoms with E-state index in [0.29, 0.717) is 5.54 Å². The van der Waals surface area contributed by atoms with Crippen molar-refractivity contribution in [3.05, 3.63) is 29.3 Å². The van der Waals surface area contributed by atoms with Gasteiger partial charge in [0, 0.05) is 18.3 Å². The van der Waals surface area contributed by atoms with E-state index in [1.807, 2.05) is 0 Å². The third-order valence-corrected chi connectivity index (χ3v) is 5.42. The first-order valence-corrected chi connectivity index (χ1v) is 8.33. The highest BCUT2D eigenvalue weighted by atomic mass is 15.2. The maximum absolute atomic E-state index is 2.46. The summed E-state index contributed by atoms with van der Waals surface area (Å²) in [5, 5.41) is 0. The van der Waals surface area contributed by atoms with Crippen molar-refractivity contribution in [2.24, 2.45) is 5.92 Å². The Balaban J connectivity index is 2.09. The lowest BCUT2D eigenvalue weighted by Gasteiger charge is -2.43. The third-order valence-electron chi connectivity index (χ3n) is 5.42. The van der Waals surface area contributed by atoms with Crippen LogP contribution in [0.3, 0.4) is 0 Å². The number of rotatable bonds is 5. The van der Waals surface area contributed by atoms with Crippen molar-refractivity contribution in [1.29, 1.82) is 0 Å². The van der Waals surface area contributed by atoms with Gasteiger partial charge in [0.2, 0.25) is 0 Å². The number of nitrogens with zero attached hydrogens (tertiary/aromatic N) is 1. The smallest absolute Gasteiger partial charge is 0.0400 e. The molecule has 0 radical (unpaired) electrons. The lowest BCUT2D eigenvalue weighted by atomic mass is 9.86.